The van der Waals surface area contributed by atoms with Gasteiger partial charge in [-0.05, 0) is 20.8 Å². The second kappa shape index (κ2) is 6.70. The van der Waals surface area contributed by atoms with Gasteiger partial charge in [0.25, 0.3) is 0 Å². The van der Waals surface area contributed by atoms with Gasteiger partial charge in [-0.2, -0.15) is 0 Å². The van der Waals surface area contributed by atoms with Crippen molar-refractivity contribution in [2.24, 2.45) is 0 Å². The molecule has 6 nitrogen and oxygen atoms in total. The summed E-state index contributed by atoms with van der Waals surface area (Å²) < 4.78 is 9.98. The number of ether oxygens (including phenoxy) is 2. The van der Waals surface area contributed by atoms with Crippen LogP contribution in [0.3, 0.4) is 0 Å². The van der Waals surface area contributed by atoms with Crippen molar-refractivity contribution in [2.45, 2.75) is 26.3 Å². The lowest BCUT2D eigenvalue weighted by atomic mass is 9.99. The first-order valence-electron chi connectivity index (χ1n) is 6.25. The van der Waals surface area contributed by atoms with Crippen LogP contribution in [0, 0.1) is 0 Å². The van der Waals surface area contributed by atoms with Crippen LogP contribution in [0.2, 0.25) is 0 Å². The van der Waals surface area contributed by atoms with Crippen LogP contribution >= 0.6 is 0 Å². The topological polar surface area (TPSA) is 67.9 Å². The van der Waals surface area contributed by atoms with E-state index in [2.05, 4.69) is 10.2 Å². The molecule has 1 amide bonds. The van der Waals surface area contributed by atoms with Gasteiger partial charge in [-0.1, -0.05) is 0 Å². The highest BCUT2D eigenvalue weighted by Crippen LogP contribution is 2.16. The molecule has 0 radical (unpaired) electrons. The standard InChI is InChI=1S/C12H22N2O4/c1-4-18-10(15)9-17-8-7-14-6-5-13-11(16)12(14,2)3/h4-9H2,1-3H3,(H,13,16). The third-order valence-corrected chi connectivity index (χ3v) is 3.04. The number of nitrogens with one attached hydrogen (secondary N) is 1. The van der Waals surface area contributed by atoms with Gasteiger partial charge in [-0.15, -0.1) is 0 Å². The van der Waals surface area contributed by atoms with E-state index in [9.17, 15) is 9.59 Å². The maximum Gasteiger partial charge on any atom is 0.332 e. The fourth-order valence-electron chi connectivity index (χ4n) is 1.87. The first-order chi connectivity index (χ1) is 8.48. The summed E-state index contributed by atoms with van der Waals surface area (Å²) in [5.74, 6) is -0.327. The number of carbonyl (C=O) groups is 2. The summed E-state index contributed by atoms with van der Waals surface area (Å²) in [4.78, 5) is 24.8. The highest BCUT2D eigenvalue weighted by Gasteiger charge is 2.36. The molecule has 1 saturated heterocycles. The lowest BCUT2D eigenvalue weighted by Gasteiger charge is -2.41. The van der Waals surface area contributed by atoms with Crippen LogP contribution in [0.15, 0.2) is 0 Å². The third-order valence-electron chi connectivity index (χ3n) is 3.04. The lowest BCUT2D eigenvalue weighted by molar-refractivity contribution is -0.149. The molecule has 0 aromatic rings. The molecule has 0 bridgehead atoms. The van der Waals surface area contributed by atoms with Crippen LogP contribution in [-0.4, -0.2) is 61.8 Å². The molecule has 6 heteroatoms. The van der Waals surface area contributed by atoms with Crippen LogP contribution in [0.1, 0.15) is 20.8 Å². The average Bonchev–Trinajstić information content (AvgIpc) is 2.30. The zero-order chi connectivity index (χ0) is 13.6. The van der Waals surface area contributed by atoms with E-state index in [0.29, 0.717) is 26.3 Å². The van der Waals surface area contributed by atoms with Crippen molar-refractivity contribution in [1.29, 1.82) is 0 Å². The van der Waals surface area contributed by atoms with Crippen molar-refractivity contribution < 1.29 is 19.1 Å². The van der Waals surface area contributed by atoms with Crippen LogP contribution in [0.25, 0.3) is 0 Å². The molecule has 1 aliphatic heterocycles. The van der Waals surface area contributed by atoms with Gasteiger partial charge in [0.2, 0.25) is 5.91 Å². The fourth-order valence-corrected chi connectivity index (χ4v) is 1.87. The zero-order valence-electron chi connectivity index (χ0n) is 11.3. The minimum Gasteiger partial charge on any atom is -0.464 e. The van der Waals surface area contributed by atoms with E-state index in [1.54, 1.807) is 6.92 Å². The summed E-state index contributed by atoms with van der Waals surface area (Å²) in [5.41, 5.74) is -0.522. The van der Waals surface area contributed by atoms with Gasteiger partial charge in [-0.25, -0.2) is 4.79 Å². The number of rotatable bonds is 6. The largest absolute Gasteiger partial charge is 0.464 e. The van der Waals surface area contributed by atoms with Crippen molar-refractivity contribution in [3.05, 3.63) is 0 Å². The van der Waals surface area contributed by atoms with E-state index in [-0.39, 0.29) is 18.5 Å². The van der Waals surface area contributed by atoms with Crippen molar-refractivity contribution in [3.8, 4) is 0 Å². The molecule has 0 unspecified atom stereocenters. The van der Waals surface area contributed by atoms with Crippen molar-refractivity contribution in [3.63, 3.8) is 0 Å². The van der Waals surface area contributed by atoms with E-state index >= 15 is 0 Å². The Hall–Kier alpha value is -1.14. The number of esters is 1. The van der Waals surface area contributed by atoms with E-state index < -0.39 is 5.54 Å². The van der Waals surface area contributed by atoms with Crippen molar-refractivity contribution in [2.75, 3.05) is 39.5 Å². The van der Waals surface area contributed by atoms with Gasteiger partial charge < -0.3 is 14.8 Å². The Morgan fingerprint density at radius 3 is 2.89 bits per heavy atom. The second-order valence-corrected chi connectivity index (χ2v) is 4.66. The maximum atomic E-state index is 11.7. The van der Waals surface area contributed by atoms with Crippen LogP contribution in [0.4, 0.5) is 0 Å². The molecule has 104 valence electrons. The van der Waals surface area contributed by atoms with Gasteiger partial charge in [0, 0.05) is 19.6 Å². The van der Waals surface area contributed by atoms with E-state index in [4.69, 9.17) is 9.47 Å². The number of amides is 1. The van der Waals surface area contributed by atoms with Crippen molar-refractivity contribution in [1.82, 2.24) is 10.2 Å². The predicted octanol–water partition coefficient (Wildman–Crippen LogP) is -0.223. The number of carbonyl (C=O) groups excluding carboxylic acids is 2. The monoisotopic (exact) mass is 258 g/mol. The van der Waals surface area contributed by atoms with Gasteiger partial charge in [0.1, 0.15) is 6.61 Å². The van der Waals surface area contributed by atoms with Crippen LogP contribution < -0.4 is 5.32 Å². The fraction of sp³-hybridized carbons (Fsp3) is 0.833. The van der Waals surface area contributed by atoms with Gasteiger partial charge in [0.05, 0.1) is 18.8 Å². The number of hydrogen-bond donors (Lipinski definition) is 1. The van der Waals surface area contributed by atoms with Gasteiger partial charge >= 0.3 is 5.97 Å². The molecule has 1 rings (SSSR count). The summed E-state index contributed by atoms with van der Waals surface area (Å²) in [6.45, 7) is 8.33. The Morgan fingerprint density at radius 2 is 2.22 bits per heavy atom. The van der Waals surface area contributed by atoms with Crippen LogP contribution in [-0.2, 0) is 19.1 Å². The minimum absolute atomic E-state index is 0.0270. The molecule has 1 heterocycles. The summed E-state index contributed by atoms with van der Waals surface area (Å²) in [5, 5.41) is 2.83. The van der Waals surface area contributed by atoms with E-state index in [1.807, 2.05) is 13.8 Å². The molecule has 1 N–H and O–H groups in total. The maximum absolute atomic E-state index is 11.7. The van der Waals surface area contributed by atoms with Crippen molar-refractivity contribution >= 4 is 11.9 Å². The van der Waals surface area contributed by atoms with Gasteiger partial charge in [0.15, 0.2) is 0 Å². The molecule has 18 heavy (non-hydrogen) atoms. The van der Waals surface area contributed by atoms with Gasteiger partial charge in [-0.3, -0.25) is 9.69 Å². The molecule has 0 aromatic carbocycles. The van der Waals surface area contributed by atoms with E-state index in [1.165, 1.54) is 0 Å². The minimum atomic E-state index is -0.522. The first-order valence-corrected chi connectivity index (χ1v) is 6.25. The molecule has 0 aliphatic carbocycles. The summed E-state index contributed by atoms with van der Waals surface area (Å²) in [7, 11) is 0. The Bertz CT molecular complexity index is 304. The third kappa shape index (κ3) is 3.96. The Kier molecular flexibility index (Phi) is 5.55. The molecule has 0 atom stereocenters. The Morgan fingerprint density at radius 1 is 1.50 bits per heavy atom. The zero-order valence-corrected chi connectivity index (χ0v) is 11.3. The molecular formula is C12H22N2O4. The lowest BCUT2D eigenvalue weighted by Crippen LogP contribution is -2.62. The highest BCUT2D eigenvalue weighted by molar-refractivity contribution is 5.86. The number of piperazine rings is 1. The molecular weight excluding hydrogens is 236 g/mol. The summed E-state index contributed by atoms with van der Waals surface area (Å²) in [6.07, 6.45) is 0. The first kappa shape index (κ1) is 14.9. The predicted molar refractivity (Wildman–Crippen MR) is 66.1 cm³/mol. The number of hydrogen-bond acceptors (Lipinski definition) is 5. The summed E-state index contributed by atoms with van der Waals surface area (Å²) >= 11 is 0. The molecule has 0 aromatic heterocycles. The second-order valence-electron chi connectivity index (χ2n) is 4.66. The summed E-state index contributed by atoms with van der Waals surface area (Å²) in [6, 6.07) is 0. The number of nitrogens with zero attached hydrogens (tertiary/aromatic N) is 1. The SMILES string of the molecule is CCOC(=O)COCCN1CCNC(=O)C1(C)C. The van der Waals surface area contributed by atoms with Crippen LogP contribution in [0.5, 0.6) is 0 Å². The molecule has 0 spiro atoms. The smallest absolute Gasteiger partial charge is 0.332 e. The molecule has 1 aliphatic rings. The highest BCUT2D eigenvalue weighted by atomic mass is 16.6. The quantitative estimate of drug-likeness (QED) is 0.527. The van der Waals surface area contributed by atoms with E-state index in [0.717, 1.165) is 6.54 Å². The Balaban J connectivity index is 2.26. The molecule has 0 saturated carbocycles. The molecule has 1 fully saturated rings. The Labute approximate surface area is 108 Å². The average molecular weight is 258 g/mol. The normalized spacial score (nSPS) is 19.4.